The normalized spacial score (nSPS) is 11.9. The average Bonchev–Trinajstić information content (AvgIpc) is 2.39. The summed E-state index contributed by atoms with van der Waals surface area (Å²) in [6, 6.07) is 4.50. The maximum Gasteiger partial charge on any atom is 0.335 e. The SMILES string of the molecule is CC(CCN)CCC(=O)Nc1ccc(C(=O)O)cc1Br. The summed E-state index contributed by atoms with van der Waals surface area (Å²) < 4.78 is 0.556. The van der Waals surface area contributed by atoms with Gasteiger partial charge in [0.05, 0.1) is 11.3 Å². The van der Waals surface area contributed by atoms with Gasteiger partial charge in [0.1, 0.15) is 0 Å². The number of amides is 1. The summed E-state index contributed by atoms with van der Waals surface area (Å²) in [5, 5.41) is 11.6. The van der Waals surface area contributed by atoms with Crippen molar-refractivity contribution in [2.45, 2.75) is 26.2 Å². The molecule has 0 aromatic heterocycles. The van der Waals surface area contributed by atoms with Gasteiger partial charge >= 0.3 is 5.97 Å². The van der Waals surface area contributed by atoms with Gasteiger partial charge in [0.15, 0.2) is 0 Å². The number of anilines is 1. The summed E-state index contributed by atoms with van der Waals surface area (Å²) in [5.74, 6) is -0.666. The van der Waals surface area contributed by atoms with E-state index in [0.29, 0.717) is 29.0 Å². The summed E-state index contributed by atoms with van der Waals surface area (Å²) in [6.07, 6.45) is 2.12. The molecule has 1 rings (SSSR count). The minimum atomic E-state index is -1.00. The third-order valence-corrected chi connectivity index (χ3v) is 3.67. The molecular weight excluding hydrogens is 324 g/mol. The van der Waals surface area contributed by atoms with E-state index in [0.717, 1.165) is 12.8 Å². The highest BCUT2D eigenvalue weighted by molar-refractivity contribution is 9.10. The fourth-order valence-corrected chi connectivity index (χ4v) is 2.25. The van der Waals surface area contributed by atoms with E-state index in [1.165, 1.54) is 12.1 Å². The lowest BCUT2D eigenvalue weighted by Crippen LogP contribution is -2.14. The first-order valence-corrected chi connectivity index (χ1v) is 7.26. The van der Waals surface area contributed by atoms with Crippen molar-refractivity contribution in [3.05, 3.63) is 28.2 Å². The van der Waals surface area contributed by atoms with E-state index in [1.54, 1.807) is 6.07 Å². The Bertz CT molecular complexity index is 491. The molecule has 0 saturated heterocycles. The minimum absolute atomic E-state index is 0.0855. The number of carboxylic acids is 1. The molecule has 6 heteroatoms. The number of carbonyl (C=O) groups is 2. The van der Waals surface area contributed by atoms with Crippen LogP contribution in [0.15, 0.2) is 22.7 Å². The van der Waals surface area contributed by atoms with Gasteiger partial charge in [0, 0.05) is 10.9 Å². The van der Waals surface area contributed by atoms with Crippen molar-refractivity contribution in [3.8, 4) is 0 Å². The molecule has 1 aromatic rings. The molecule has 4 N–H and O–H groups in total. The predicted octanol–water partition coefficient (Wildman–Crippen LogP) is 2.85. The van der Waals surface area contributed by atoms with Crippen LogP contribution in [-0.2, 0) is 4.79 Å². The second-order valence-electron chi connectivity index (χ2n) is 4.77. The van der Waals surface area contributed by atoms with E-state index in [1.807, 2.05) is 0 Å². The molecule has 1 amide bonds. The van der Waals surface area contributed by atoms with Crippen molar-refractivity contribution in [2.75, 3.05) is 11.9 Å². The first-order valence-electron chi connectivity index (χ1n) is 6.46. The summed E-state index contributed by atoms with van der Waals surface area (Å²) in [7, 11) is 0. The number of hydrogen-bond donors (Lipinski definition) is 3. The maximum atomic E-state index is 11.8. The number of carboxylic acid groups (broad SMARTS) is 1. The molecule has 20 heavy (non-hydrogen) atoms. The smallest absolute Gasteiger partial charge is 0.335 e. The lowest BCUT2D eigenvalue weighted by Gasteiger charge is -2.11. The Morgan fingerprint density at radius 3 is 2.65 bits per heavy atom. The van der Waals surface area contributed by atoms with Crippen LogP contribution in [0.1, 0.15) is 36.5 Å². The van der Waals surface area contributed by atoms with Gasteiger partial charge in [-0.1, -0.05) is 6.92 Å². The van der Waals surface area contributed by atoms with Gasteiger partial charge in [-0.15, -0.1) is 0 Å². The Morgan fingerprint density at radius 1 is 1.40 bits per heavy atom. The lowest BCUT2D eigenvalue weighted by molar-refractivity contribution is -0.116. The van der Waals surface area contributed by atoms with E-state index in [2.05, 4.69) is 28.2 Å². The van der Waals surface area contributed by atoms with Crippen LogP contribution in [0.4, 0.5) is 5.69 Å². The molecule has 0 radical (unpaired) electrons. The number of nitrogens with two attached hydrogens (primary N) is 1. The quantitative estimate of drug-likeness (QED) is 0.710. The molecule has 0 fully saturated rings. The number of benzene rings is 1. The summed E-state index contributed by atoms with van der Waals surface area (Å²) >= 11 is 3.25. The van der Waals surface area contributed by atoms with Crippen molar-refractivity contribution < 1.29 is 14.7 Å². The van der Waals surface area contributed by atoms with Crippen molar-refractivity contribution in [2.24, 2.45) is 11.7 Å². The van der Waals surface area contributed by atoms with Crippen LogP contribution in [-0.4, -0.2) is 23.5 Å². The molecule has 1 unspecified atom stereocenters. The molecule has 5 nitrogen and oxygen atoms in total. The number of carbonyl (C=O) groups excluding carboxylic acids is 1. The first-order chi connectivity index (χ1) is 9.43. The Balaban J connectivity index is 2.56. The second kappa shape index (κ2) is 8.01. The fraction of sp³-hybridized carbons (Fsp3) is 0.429. The number of rotatable bonds is 7. The van der Waals surface area contributed by atoms with Crippen LogP contribution in [0.3, 0.4) is 0 Å². The Kier molecular flexibility index (Phi) is 6.67. The van der Waals surface area contributed by atoms with Gasteiger partial charge in [-0.2, -0.15) is 0 Å². The third kappa shape index (κ3) is 5.30. The van der Waals surface area contributed by atoms with Gasteiger partial charge in [0.25, 0.3) is 0 Å². The Hall–Kier alpha value is -1.40. The zero-order valence-electron chi connectivity index (χ0n) is 11.4. The van der Waals surface area contributed by atoms with E-state index in [-0.39, 0.29) is 11.5 Å². The number of hydrogen-bond acceptors (Lipinski definition) is 3. The second-order valence-corrected chi connectivity index (χ2v) is 5.62. The third-order valence-electron chi connectivity index (χ3n) is 3.01. The van der Waals surface area contributed by atoms with Gasteiger partial charge in [0.2, 0.25) is 5.91 Å². The molecule has 1 aromatic carbocycles. The Labute approximate surface area is 126 Å². The molecule has 0 spiro atoms. The standard InChI is InChI=1S/C14H19BrN2O3/c1-9(6-7-16)2-5-13(18)17-12-4-3-10(14(19)20)8-11(12)15/h3-4,8-9H,2,5-7,16H2,1H3,(H,17,18)(H,19,20). The highest BCUT2D eigenvalue weighted by Crippen LogP contribution is 2.24. The van der Waals surface area contributed by atoms with Crippen LogP contribution < -0.4 is 11.1 Å². The molecule has 0 aliphatic heterocycles. The molecule has 0 aliphatic rings. The van der Waals surface area contributed by atoms with Crippen LogP contribution in [0.25, 0.3) is 0 Å². The van der Waals surface area contributed by atoms with Crippen LogP contribution in [0.5, 0.6) is 0 Å². The minimum Gasteiger partial charge on any atom is -0.478 e. The van der Waals surface area contributed by atoms with Crippen molar-refractivity contribution in [3.63, 3.8) is 0 Å². The van der Waals surface area contributed by atoms with Crippen molar-refractivity contribution in [1.29, 1.82) is 0 Å². The zero-order valence-corrected chi connectivity index (χ0v) is 12.9. The van der Waals surface area contributed by atoms with E-state index in [4.69, 9.17) is 10.8 Å². The van der Waals surface area contributed by atoms with Crippen LogP contribution in [0.2, 0.25) is 0 Å². The lowest BCUT2D eigenvalue weighted by atomic mass is 10.0. The fourth-order valence-electron chi connectivity index (χ4n) is 1.77. The Morgan fingerprint density at radius 2 is 2.10 bits per heavy atom. The molecule has 0 saturated carbocycles. The molecule has 0 bridgehead atoms. The van der Waals surface area contributed by atoms with Gasteiger partial charge in [-0.3, -0.25) is 4.79 Å². The number of aromatic carboxylic acids is 1. The number of halogens is 1. The average molecular weight is 343 g/mol. The summed E-state index contributed by atoms with van der Waals surface area (Å²) in [6.45, 7) is 2.70. The van der Waals surface area contributed by atoms with Gasteiger partial charge < -0.3 is 16.2 Å². The zero-order chi connectivity index (χ0) is 15.1. The first kappa shape index (κ1) is 16.7. The highest BCUT2D eigenvalue weighted by atomic mass is 79.9. The monoisotopic (exact) mass is 342 g/mol. The van der Waals surface area contributed by atoms with Crippen molar-refractivity contribution >= 4 is 33.5 Å². The van der Waals surface area contributed by atoms with E-state index in [9.17, 15) is 9.59 Å². The van der Waals surface area contributed by atoms with Gasteiger partial charge in [-0.05, 0) is 59.4 Å². The summed E-state index contributed by atoms with van der Waals surface area (Å²) in [4.78, 5) is 22.6. The molecule has 0 heterocycles. The molecule has 0 aliphatic carbocycles. The number of nitrogens with one attached hydrogen (secondary N) is 1. The predicted molar refractivity (Wildman–Crippen MR) is 81.8 cm³/mol. The molecule has 110 valence electrons. The largest absolute Gasteiger partial charge is 0.478 e. The van der Waals surface area contributed by atoms with E-state index >= 15 is 0 Å². The summed E-state index contributed by atoms with van der Waals surface area (Å²) in [5.41, 5.74) is 6.21. The van der Waals surface area contributed by atoms with Gasteiger partial charge in [-0.25, -0.2) is 4.79 Å². The van der Waals surface area contributed by atoms with E-state index < -0.39 is 5.97 Å². The van der Waals surface area contributed by atoms with Crippen molar-refractivity contribution in [1.82, 2.24) is 0 Å². The topological polar surface area (TPSA) is 92.4 Å². The highest BCUT2D eigenvalue weighted by Gasteiger charge is 2.10. The molecule has 1 atom stereocenters. The van der Waals surface area contributed by atoms with Crippen LogP contribution >= 0.6 is 15.9 Å². The van der Waals surface area contributed by atoms with Crippen LogP contribution in [0, 0.1) is 5.92 Å². The maximum absolute atomic E-state index is 11.8. The molecular formula is C14H19BrN2O3.